The van der Waals surface area contributed by atoms with Gasteiger partial charge in [-0.05, 0) is 42.3 Å². The number of carbonyl (C=O) groups excluding carboxylic acids is 1. The maximum absolute atomic E-state index is 12.2. The van der Waals surface area contributed by atoms with Gasteiger partial charge in [0, 0.05) is 42.0 Å². The Bertz CT molecular complexity index is 788. The molecule has 3 aromatic rings. The van der Waals surface area contributed by atoms with Crippen molar-refractivity contribution in [2.45, 2.75) is 26.2 Å². The summed E-state index contributed by atoms with van der Waals surface area (Å²) in [4.78, 5) is 16.8. The Morgan fingerprint density at radius 3 is 2.54 bits per heavy atom. The van der Waals surface area contributed by atoms with E-state index in [-0.39, 0.29) is 5.91 Å². The molecule has 0 radical (unpaired) electrons. The van der Waals surface area contributed by atoms with Crippen LogP contribution in [-0.2, 0) is 6.42 Å². The SMILES string of the molecule is CC(C)c1csc(CCNC(=O)c2ccc(-n3cccc3)cc2)n1. The number of carbonyl (C=O) groups is 1. The Labute approximate surface area is 146 Å². The van der Waals surface area contributed by atoms with Crippen LogP contribution in [0, 0.1) is 0 Å². The normalized spacial score (nSPS) is 11.0. The zero-order chi connectivity index (χ0) is 16.9. The van der Waals surface area contributed by atoms with Crippen LogP contribution >= 0.6 is 11.3 Å². The summed E-state index contributed by atoms with van der Waals surface area (Å²) in [5, 5.41) is 6.13. The van der Waals surface area contributed by atoms with Crippen molar-refractivity contribution >= 4 is 17.2 Å². The zero-order valence-corrected chi connectivity index (χ0v) is 14.7. The maximum Gasteiger partial charge on any atom is 0.251 e. The van der Waals surface area contributed by atoms with Gasteiger partial charge in [-0.1, -0.05) is 13.8 Å². The van der Waals surface area contributed by atoms with Crippen LogP contribution < -0.4 is 5.32 Å². The van der Waals surface area contributed by atoms with E-state index in [1.807, 2.05) is 53.4 Å². The van der Waals surface area contributed by atoms with Crippen LogP contribution in [0.1, 0.15) is 40.8 Å². The highest BCUT2D eigenvalue weighted by molar-refractivity contribution is 7.09. The minimum absolute atomic E-state index is 0.0466. The highest BCUT2D eigenvalue weighted by atomic mass is 32.1. The van der Waals surface area contributed by atoms with E-state index in [0.29, 0.717) is 18.0 Å². The first-order valence-electron chi connectivity index (χ1n) is 8.09. The van der Waals surface area contributed by atoms with E-state index in [1.54, 1.807) is 11.3 Å². The van der Waals surface area contributed by atoms with E-state index in [4.69, 9.17) is 0 Å². The molecule has 124 valence electrons. The molecule has 0 saturated carbocycles. The van der Waals surface area contributed by atoms with Gasteiger partial charge >= 0.3 is 0 Å². The second-order valence-corrected chi connectivity index (χ2v) is 6.91. The third kappa shape index (κ3) is 3.92. The highest BCUT2D eigenvalue weighted by Crippen LogP contribution is 2.17. The van der Waals surface area contributed by atoms with Crippen molar-refractivity contribution in [1.82, 2.24) is 14.9 Å². The van der Waals surface area contributed by atoms with Crippen molar-refractivity contribution in [3.8, 4) is 5.69 Å². The number of hydrogen-bond acceptors (Lipinski definition) is 3. The number of benzene rings is 1. The van der Waals surface area contributed by atoms with E-state index in [0.717, 1.165) is 22.8 Å². The monoisotopic (exact) mass is 339 g/mol. The average molecular weight is 339 g/mol. The minimum atomic E-state index is -0.0466. The summed E-state index contributed by atoms with van der Waals surface area (Å²) in [5.41, 5.74) is 2.84. The Balaban J connectivity index is 1.53. The first-order chi connectivity index (χ1) is 11.6. The zero-order valence-electron chi connectivity index (χ0n) is 13.9. The van der Waals surface area contributed by atoms with Crippen molar-refractivity contribution in [3.05, 3.63) is 70.4 Å². The predicted molar refractivity (Wildman–Crippen MR) is 98.0 cm³/mol. The standard InChI is InChI=1S/C19H21N3OS/c1-14(2)17-13-24-18(21-17)9-10-20-19(23)15-5-7-16(8-6-15)22-11-3-4-12-22/h3-8,11-14H,9-10H2,1-2H3,(H,20,23). The van der Waals surface area contributed by atoms with Crippen LogP contribution in [0.3, 0.4) is 0 Å². The van der Waals surface area contributed by atoms with Crippen LogP contribution in [-0.4, -0.2) is 22.0 Å². The molecule has 3 rings (SSSR count). The number of nitrogens with one attached hydrogen (secondary N) is 1. The third-order valence-corrected chi connectivity index (χ3v) is 4.74. The van der Waals surface area contributed by atoms with E-state index in [1.165, 1.54) is 0 Å². The summed E-state index contributed by atoms with van der Waals surface area (Å²) < 4.78 is 2.01. The van der Waals surface area contributed by atoms with Crippen LogP contribution in [0.5, 0.6) is 0 Å². The molecule has 2 aromatic heterocycles. The Kier molecular flexibility index (Phi) is 5.11. The van der Waals surface area contributed by atoms with Gasteiger partial charge in [-0.3, -0.25) is 4.79 Å². The molecule has 5 heteroatoms. The number of nitrogens with zero attached hydrogens (tertiary/aromatic N) is 2. The molecule has 0 spiro atoms. The summed E-state index contributed by atoms with van der Waals surface area (Å²) in [7, 11) is 0. The minimum Gasteiger partial charge on any atom is -0.352 e. The number of amides is 1. The van der Waals surface area contributed by atoms with Gasteiger partial charge in [0.15, 0.2) is 0 Å². The van der Waals surface area contributed by atoms with Gasteiger partial charge in [-0.15, -0.1) is 11.3 Å². The van der Waals surface area contributed by atoms with E-state index >= 15 is 0 Å². The largest absolute Gasteiger partial charge is 0.352 e. The molecule has 0 fully saturated rings. The van der Waals surface area contributed by atoms with Gasteiger partial charge < -0.3 is 9.88 Å². The summed E-state index contributed by atoms with van der Waals surface area (Å²) in [5.74, 6) is 0.401. The predicted octanol–water partition coefficient (Wildman–Crippen LogP) is 4.03. The number of hydrogen-bond donors (Lipinski definition) is 1. The van der Waals surface area contributed by atoms with Gasteiger partial charge in [0.2, 0.25) is 0 Å². The molecule has 24 heavy (non-hydrogen) atoms. The molecular formula is C19H21N3OS. The van der Waals surface area contributed by atoms with Crippen LogP contribution in [0.15, 0.2) is 54.2 Å². The first-order valence-corrected chi connectivity index (χ1v) is 8.97. The van der Waals surface area contributed by atoms with E-state index < -0.39 is 0 Å². The molecule has 0 bridgehead atoms. The van der Waals surface area contributed by atoms with Crippen molar-refractivity contribution in [2.75, 3.05) is 6.54 Å². The summed E-state index contributed by atoms with van der Waals surface area (Å²) in [6, 6.07) is 11.6. The first kappa shape index (κ1) is 16.5. The molecule has 0 atom stereocenters. The molecule has 0 saturated heterocycles. The Hall–Kier alpha value is -2.40. The fourth-order valence-electron chi connectivity index (χ4n) is 2.38. The lowest BCUT2D eigenvalue weighted by Crippen LogP contribution is -2.25. The molecule has 1 amide bonds. The average Bonchev–Trinajstić information content (AvgIpc) is 3.27. The molecule has 1 aromatic carbocycles. The second kappa shape index (κ2) is 7.45. The Morgan fingerprint density at radius 1 is 1.21 bits per heavy atom. The summed E-state index contributed by atoms with van der Waals surface area (Å²) in [6.07, 6.45) is 4.73. The van der Waals surface area contributed by atoms with Gasteiger partial charge in [-0.25, -0.2) is 4.98 Å². The third-order valence-electron chi connectivity index (χ3n) is 3.82. The van der Waals surface area contributed by atoms with Crippen molar-refractivity contribution in [3.63, 3.8) is 0 Å². The number of rotatable bonds is 6. The molecular weight excluding hydrogens is 318 g/mol. The smallest absolute Gasteiger partial charge is 0.251 e. The molecule has 0 aliphatic carbocycles. The van der Waals surface area contributed by atoms with Crippen LogP contribution in [0.4, 0.5) is 0 Å². The molecule has 4 nitrogen and oxygen atoms in total. The molecule has 0 unspecified atom stereocenters. The molecule has 0 aliphatic heterocycles. The fraction of sp³-hybridized carbons (Fsp3) is 0.263. The van der Waals surface area contributed by atoms with Crippen molar-refractivity contribution in [1.29, 1.82) is 0 Å². The summed E-state index contributed by atoms with van der Waals surface area (Å²) >= 11 is 1.66. The maximum atomic E-state index is 12.2. The van der Waals surface area contributed by atoms with Crippen molar-refractivity contribution in [2.24, 2.45) is 0 Å². The Morgan fingerprint density at radius 2 is 1.92 bits per heavy atom. The van der Waals surface area contributed by atoms with Gasteiger partial charge in [0.05, 0.1) is 10.7 Å². The lowest BCUT2D eigenvalue weighted by Gasteiger charge is -2.06. The van der Waals surface area contributed by atoms with Gasteiger partial charge in [-0.2, -0.15) is 0 Å². The van der Waals surface area contributed by atoms with Gasteiger partial charge in [0.25, 0.3) is 5.91 Å². The van der Waals surface area contributed by atoms with Crippen LogP contribution in [0.2, 0.25) is 0 Å². The van der Waals surface area contributed by atoms with E-state index in [2.05, 4.69) is 29.5 Å². The molecule has 1 N–H and O–H groups in total. The second-order valence-electron chi connectivity index (χ2n) is 5.96. The summed E-state index contributed by atoms with van der Waals surface area (Å²) in [6.45, 7) is 4.87. The van der Waals surface area contributed by atoms with Gasteiger partial charge in [0.1, 0.15) is 0 Å². The lowest BCUT2D eigenvalue weighted by atomic mass is 10.2. The lowest BCUT2D eigenvalue weighted by molar-refractivity contribution is 0.0954. The quantitative estimate of drug-likeness (QED) is 0.737. The topological polar surface area (TPSA) is 46.9 Å². The molecule has 0 aliphatic rings. The number of aromatic nitrogens is 2. The highest BCUT2D eigenvalue weighted by Gasteiger charge is 2.08. The van der Waals surface area contributed by atoms with Crippen LogP contribution in [0.25, 0.3) is 5.69 Å². The fourth-order valence-corrected chi connectivity index (χ4v) is 3.34. The van der Waals surface area contributed by atoms with Crippen molar-refractivity contribution < 1.29 is 4.79 Å². The molecule has 2 heterocycles. The number of thiazole rings is 1. The van der Waals surface area contributed by atoms with E-state index in [9.17, 15) is 4.79 Å².